The summed E-state index contributed by atoms with van der Waals surface area (Å²) in [4.78, 5) is 12.5. The van der Waals surface area contributed by atoms with E-state index in [-0.39, 0.29) is 0 Å². The highest BCUT2D eigenvalue weighted by Gasteiger charge is 2.14. The molecule has 0 amide bonds. The summed E-state index contributed by atoms with van der Waals surface area (Å²) in [6, 6.07) is 0.579. The molecule has 0 aromatic carbocycles. The third kappa shape index (κ3) is 4.96. The predicted molar refractivity (Wildman–Crippen MR) is 79.0 cm³/mol. The Labute approximate surface area is 117 Å². The number of aromatic nitrogens is 2. The lowest BCUT2D eigenvalue weighted by Gasteiger charge is -2.29. The summed E-state index contributed by atoms with van der Waals surface area (Å²) >= 11 is 0. The predicted octanol–water partition coefficient (Wildman–Crippen LogP) is 2.50. The van der Waals surface area contributed by atoms with E-state index in [9.17, 15) is 0 Å². The van der Waals surface area contributed by atoms with Gasteiger partial charge in [0.25, 0.3) is 0 Å². The van der Waals surface area contributed by atoms with Gasteiger partial charge >= 0.3 is 0 Å². The number of likely N-dealkylation sites (tertiary alicyclic amines) is 1. The molecule has 1 aromatic heterocycles. The molecule has 19 heavy (non-hydrogen) atoms. The van der Waals surface area contributed by atoms with Crippen LogP contribution in [0.4, 0.5) is 0 Å². The van der Waals surface area contributed by atoms with Gasteiger partial charge in [0.15, 0.2) is 0 Å². The maximum atomic E-state index is 4.10. The summed E-state index contributed by atoms with van der Waals surface area (Å²) in [5, 5.41) is 0. The zero-order chi connectivity index (χ0) is 13.5. The van der Waals surface area contributed by atoms with Crippen molar-refractivity contribution in [3.8, 4) is 0 Å². The summed E-state index contributed by atoms with van der Waals surface area (Å²) in [5.74, 6) is 0. The third-order valence-corrected chi connectivity index (χ3v) is 4.06. The lowest BCUT2D eigenvalue weighted by atomic mass is 10.2. The van der Waals surface area contributed by atoms with E-state index in [1.54, 1.807) is 6.33 Å². The number of nitrogens with one attached hydrogen (secondary N) is 1. The van der Waals surface area contributed by atoms with Gasteiger partial charge in [-0.3, -0.25) is 4.90 Å². The smallest absolute Gasteiger partial charge is 0.0922 e. The molecule has 1 aromatic rings. The average molecular weight is 264 g/mol. The minimum absolute atomic E-state index is 0.579. The monoisotopic (exact) mass is 264 g/mol. The van der Waals surface area contributed by atoms with Crippen LogP contribution in [0.3, 0.4) is 0 Å². The molecule has 108 valence electrons. The summed E-state index contributed by atoms with van der Waals surface area (Å²) in [6.45, 7) is 10.5. The number of nitrogens with zero attached hydrogens (tertiary/aromatic N) is 3. The van der Waals surface area contributed by atoms with Gasteiger partial charge in [-0.1, -0.05) is 12.8 Å². The van der Waals surface area contributed by atoms with Crippen LogP contribution in [0.5, 0.6) is 0 Å². The van der Waals surface area contributed by atoms with Crippen molar-refractivity contribution in [2.75, 3.05) is 26.2 Å². The zero-order valence-corrected chi connectivity index (χ0v) is 12.4. The summed E-state index contributed by atoms with van der Waals surface area (Å²) in [7, 11) is 0. The molecule has 4 nitrogen and oxygen atoms in total. The summed E-state index contributed by atoms with van der Waals surface area (Å²) in [6.07, 6.45) is 9.28. The molecular weight excluding hydrogens is 236 g/mol. The van der Waals surface area contributed by atoms with E-state index in [4.69, 9.17) is 0 Å². The molecule has 0 radical (unpaired) electrons. The fourth-order valence-corrected chi connectivity index (χ4v) is 2.74. The standard InChI is InChI=1S/C15H28N4/c1-14(2)19(12-15-11-16-13-17-15)10-9-18-7-5-3-4-6-8-18/h11,13-14H,3-10,12H2,1-2H3,(H,16,17). The largest absolute Gasteiger partial charge is 0.347 e. The van der Waals surface area contributed by atoms with Crippen LogP contribution in [-0.2, 0) is 6.54 Å². The molecule has 0 bridgehead atoms. The Kier molecular flexibility index (Phi) is 5.86. The van der Waals surface area contributed by atoms with E-state index in [1.165, 1.54) is 51.0 Å². The molecule has 0 atom stereocenters. The van der Waals surface area contributed by atoms with E-state index in [2.05, 4.69) is 33.6 Å². The molecule has 2 rings (SSSR count). The van der Waals surface area contributed by atoms with Crippen molar-refractivity contribution in [2.24, 2.45) is 0 Å². The molecule has 1 fully saturated rings. The number of hydrogen-bond acceptors (Lipinski definition) is 3. The summed E-state index contributed by atoms with van der Waals surface area (Å²) in [5.41, 5.74) is 1.21. The SMILES string of the molecule is CC(C)N(CCN1CCCCCC1)Cc1cnc[nH]1. The first-order valence-electron chi connectivity index (χ1n) is 7.69. The quantitative estimate of drug-likeness (QED) is 0.857. The zero-order valence-electron chi connectivity index (χ0n) is 12.4. The number of hydrogen-bond donors (Lipinski definition) is 1. The molecule has 1 N–H and O–H groups in total. The normalized spacial score (nSPS) is 18.1. The third-order valence-electron chi connectivity index (χ3n) is 4.06. The van der Waals surface area contributed by atoms with Gasteiger partial charge in [-0.05, 0) is 39.8 Å². The highest BCUT2D eigenvalue weighted by atomic mass is 15.2. The van der Waals surface area contributed by atoms with E-state index in [0.29, 0.717) is 6.04 Å². The second-order valence-corrected chi connectivity index (χ2v) is 5.90. The van der Waals surface area contributed by atoms with Gasteiger partial charge in [-0.15, -0.1) is 0 Å². The molecular formula is C15H28N4. The van der Waals surface area contributed by atoms with Crippen LogP contribution in [0, 0.1) is 0 Å². The molecule has 1 saturated heterocycles. The Hall–Kier alpha value is -0.870. The fraction of sp³-hybridized carbons (Fsp3) is 0.800. The fourth-order valence-electron chi connectivity index (χ4n) is 2.74. The Morgan fingerprint density at radius 2 is 2.00 bits per heavy atom. The highest BCUT2D eigenvalue weighted by molar-refractivity contribution is 4.94. The lowest BCUT2D eigenvalue weighted by molar-refractivity contribution is 0.169. The summed E-state index contributed by atoms with van der Waals surface area (Å²) < 4.78 is 0. The van der Waals surface area contributed by atoms with Gasteiger partial charge in [0.2, 0.25) is 0 Å². The van der Waals surface area contributed by atoms with E-state index in [1.807, 2.05) is 6.20 Å². The molecule has 0 saturated carbocycles. The second-order valence-electron chi connectivity index (χ2n) is 5.90. The Balaban J connectivity index is 1.79. The lowest BCUT2D eigenvalue weighted by Crippen LogP contribution is -2.38. The van der Waals surface area contributed by atoms with Crippen molar-refractivity contribution < 1.29 is 0 Å². The van der Waals surface area contributed by atoms with Crippen LogP contribution < -0.4 is 0 Å². The first kappa shape index (κ1) is 14.5. The number of imidazole rings is 1. The molecule has 0 aliphatic carbocycles. The highest BCUT2D eigenvalue weighted by Crippen LogP contribution is 2.11. The van der Waals surface area contributed by atoms with Gasteiger partial charge in [0, 0.05) is 37.6 Å². The molecule has 4 heteroatoms. The van der Waals surface area contributed by atoms with Crippen molar-refractivity contribution in [1.29, 1.82) is 0 Å². The van der Waals surface area contributed by atoms with Crippen molar-refractivity contribution in [2.45, 2.75) is 52.1 Å². The maximum Gasteiger partial charge on any atom is 0.0922 e. The van der Waals surface area contributed by atoms with Gasteiger partial charge in [0.05, 0.1) is 6.33 Å². The minimum Gasteiger partial charge on any atom is -0.347 e. The van der Waals surface area contributed by atoms with Crippen LogP contribution in [0.1, 0.15) is 45.2 Å². The first-order chi connectivity index (χ1) is 9.25. The van der Waals surface area contributed by atoms with Crippen molar-refractivity contribution >= 4 is 0 Å². The molecule has 1 aliphatic rings. The molecule has 1 aliphatic heterocycles. The first-order valence-corrected chi connectivity index (χ1v) is 7.69. The number of aromatic amines is 1. The van der Waals surface area contributed by atoms with Gasteiger partial charge in [-0.2, -0.15) is 0 Å². The number of H-pyrrole nitrogens is 1. The van der Waals surface area contributed by atoms with Crippen molar-refractivity contribution in [3.05, 3.63) is 18.2 Å². The molecule has 0 unspecified atom stereocenters. The van der Waals surface area contributed by atoms with Crippen LogP contribution in [-0.4, -0.2) is 52.0 Å². The Morgan fingerprint density at radius 1 is 1.26 bits per heavy atom. The van der Waals surface area contributed by atoms with Crippen LogP contribution in [0.15, 0.2) is 12.5 Å². The van der Waals surface area contributed by atoms with Crippen LogP contribution in [0.25, 0.3) is 0 Å². The van der Waals surface area contributed by atoms with Crippen LogP contribution in [0.2, 0.25) is 0 Å². The van der Waals surface area contributed by atoms with E-state index in [0.717, 1.165) is 13.1 Å². The van der Waals surface area contributed by atoms with Gasteiger partial charge < -0.3 is 9.88 Å². The maximum absolute atomic E-state index is 4.10. The van der Waals surface area contributed by atoms with Gasteiger partial charge in [-0.25, -0.2) is 4.98 Å². The van der Waals surface area contributed by atoms with E-state index < -0.39 is 0 Å². The van der Waals surface area contributed by atoms with E-state index >= 15 is 0 Å². The minimum atomic E-state index is 0.579. The second kappa shape index (κ2) is 7.65. The average Bonchev–Trinajstić information content (AvgIpc) is 2.76. The van der Waals surface area contributed by atoms with Crippen molar-refractivity contribution in [3.63, 3.8) is 0 Å². The molecule has 2 heterocycles. The number of rotatable bonds is 6. The van der Waals surface area contributed by atoms with Gasteiger partial charge in [0.1, 0.15) is 0 Å². The Bertz CT molecular complexity index is 326. The molecule has 0 spiro atoms. The van der Waals surface area contributed by atoms with Crippen LogP contribution >= 0.6 is 0 Å². The Morgan fingerprint density at radius 3 is 2.58 bits per heavy atom. The van der Waals surface area contributed by atoms with Crippen molar-refractivity contribution in [1.82, 2.24) is 19.8 Å². The topological polar surface area (TPSA) is 35.2 Å².